The predicted octanol–water partition coefficient (Wildman–Crippen LogP) is 3.63. The first-order valence-electron chi connectivity index (χ1n) is 13.8. The molecule has 40 heavy (non-hydrogen) atoms. The summed E-state index contributed by atoms with van der Waals surface area (Å²) < 4.78 is 13.7. The Balaban J connectivity index is 1.40. The molecule has 2 aliphatic rings. The molecule has 0 unspecified atom stereocenters. The lowest BCUT2D eigenvalue weighted by Gasteiger charge is -2.33. The number of amides is 2. The average molecular weight is 549 g/mol. The van der Waals surface area contributed by atoms with E-state index in [1.54, 1.807) is 30.1 Å². The molecule has 2 amide bonds. The summed E-state index contributed by atoms with van der Waals surface area (Å²) in [6.45, 7) is 2.63. The molecule has 1 aliphatic heterocycles. The number of ether oxygens (including phenoxy) is 2. The quantitative estimate of drug-likeness (QED) is 0.504. The topological polar surface area (TPSA) is 112 Å². The number of hydrogen-bond donors (Lipinski definition) is 1. The van der Waals surface area contributed by atoms with Crippen LogP contribution < -0.4 is 26.0 Å². The number of aromatic nitrogens is 2. The van der Waals surface area contributed by atoms with Crippen molar-refractivity contribution in [2.45, 2.75) is 51.5 Å². The molecule has 0 radical (unpaired) electrons. The van der Waals surface area contributed by atoms with E-state index in [2.05, 4.69) is 5.32 Å². The number of likely N-dealkylation sites (tertiary alicyclic amines) is 1. The number of methoxy groups -OCH3 is 2. The lowest BCUT2D eigenvalue weighted by Crippen LogP contribution is -2.46. The molecule has 212 valence electrons. The van der Waals surface area contributed by atoms with Crippen LogP contribution in [0.1, 0.15) is 60.5 Å². The molecule has 3 aromatic rings. The molecule has 1 aliphatic carbocycles. The Bertz CT molecular complexity index is 1580. The fourth-order valence-electron chi connectivity index (χ4n) is 6.00. The Morgan fingerprint density at radius 3 is 2.23 bits per heavy atom. The third kappa shape index (κ3) is 4.98. The Kier molecular flexibility index (Phi) is 7.69. The van der Waals surface area contributed by atoms with Crippen molar-refractivity contribution in [2.24, 2.45) is 13.0 Å². The lowest BCUT2D eigenvalue weighted by atomic mass is 10.0. The first kappa shape index (κ1) is 27.5. The van der Waals surface area contributed by atoms with E-state index < -0.39 is 0 Å². The zero-order valence-corrected chi connectivity index (χ0v) is 23.5. The molecule has 0 bridgehead atoms. The third-order valence-corrected chi connectivity index (χ3v) is 8.31. The summed E-state index contributed by atoms with van der Waals surface area (Å²) in [5.41, 5.74) is 1.59. The van der Waals surface area contributed by atoms with Crippen LogP contribution in [-0.2, 0) is 11.8 Å². The van der Waals surface area contributed by atoms with Crippen LogP contribution in [0.2, 0.25) is 0 Å². The number of aryl methyl sites for hydroxylation is 2. The Hall–Kier alpha value is -4.08. The normalized spacial score (nSPS) is 16.4. The van der Waals surface area contributed by atoms with Gasteiger partial charge in [0, 0.05) is 38.2 Å². The first-order valence-corrected chi connectivity index (χ1v) is 13.8. The summed E-state index contributed by atoms with van der Waals surface area (Å²) in [6, 6.07) is 8.40. The minimum absolute atomic E-state index is 0.0709. The smallest absolute Gasteiger partial charge is 0.331 e. The Morgan fingerprint density at radius 1 is 0.925 bits per heavy atom. The van der Waals surface area contributed by atoms with Crippen molar-refractivity contribution in [1.82, 2.24) is 14.0 Å². The molecule has 1 saturated carbocycles. The van der Waals surface area contributed by atoms with Gasteiger partial charge in [0.1, 0.15) is 0 Å². The van der Waals surface area contributed by atoms with Gasteiger partial charge in [-0.05, 0) is 50.8 Å². The highest BCUT2D eigenvalue weighted by Crippen LogP contribution is 2.36. The van der Waals surface area contributed by atoms with Crippen LogP contribution >= 0.6 is 0 Å². The number of carbonyl (C=O) groups excluding carboxylic acids is 2. The van der Waals surface area contributed by atoms with Crippen molar-refractivity contribution in [3.8, 4) is 11.5 Å². The number of anilines is 1. The van der Waals surface area contributed by atoms with E-state index in [-0.39, 0.29) is 35.0 Å². The number of nitrogens with zero attached hydrogens (tertiary/aromatic N) is 3. The Labute approximate surface area is 232 Å². The number of nitrogens with one attached hydrogen (secondary N) is 1. The van der Waals surface area contributed by atoms with Gasteiger partial charge in [0.05, 0.1) is 36.4 Å². The average Bonchev–Trinajstić information content (AvgIpc) is 3.51. The molecule has 1 N–H and O–H groups in total. The van der Waals surface area contributed by atoms with Crippen LogP contribution in [0, 0.1) is 12.8 Å². The van der Waals surface area contributed by atoms with Crippen LogP contribution in [-0.4, -0.2) is 53.2 Å². The summed E-state index contributed by atoms with van der Waals surface area (Å²) in [5.74, 6) is 0.385. The van der Waals surface area contributed by atoms with Crippen LogP contribution in [0.25, 0.3) is 10.9 Å². The summed E-state index contributed by atoms with van der Waals surface area (Å²) in [5, 5.41) is 3.47. The van der Waals surface area contributed by atoms with Crippen LogP contribution in [0.5, 0.6) is 11.5 Å². The van der Waals surface area contributed by atoms with Gasteiger partial charge in [-0.25, -0.2) is 4.79 Å². The standard InChI is InChI=1S/C30H36N4O6/c1-18-9-10-24-22(15-18)29(37)34(30(38)32(24)2)20-11-13-33(14-12-20)28(36)21-16-25(39-3)26(40-4)17-23(21)31-27(35)19-7-5-6-8-19/h9-10,15-17,19-20H,5-8,11-14H2,1-4H3,(H,31,35). The highest BCUT2D eigenvalue weighted by atomic mass is 16.5. The van der Waals surface area contributed by atoms with Gasteiger partial charge in [-0.2, -0.15) is 0 Å². The van der Waals surface area contributed by atoms with Gasteiger partial charge in [0.25, 0.3) is 11.5 Å². The second-order valence-electron chi connectivity index (χ2n) is 10.8. The largest absolute Gasteiger partial charge is 0.493 e. The fourth-order valence-corrected chi connectivity index (χ4v) is 6.00. The zero-order chi connectivity index (χ0) is 28.6. The van der Waals surface area contributed by atoms with E-state index in [9.17, 15) is 19.2 Å². The molecule has 1 aromatic heterocycles. The SMILES string of the molecule is COc1cc(NC(=O)C2CCCC2)c(C(=O)N2CCC(n3c(=O)c4cc(C)ccc4n(C)c3=O)CC2)cc1OC. The van der Waals surface area contributed by atoms with Crippen molar-refractivity contribution in [2.75, 3.05) is 32.6 Å². The zero-order valence-electron chi connectivity index (χ0n) is 23.5. The predicted molar refractivity (Wildman–Crippen MR) is 152 cm³/mol. The van der Waals surface area contributed by atoms with E-state index in [4.69, 9.17) is 9.47 Å². The van der Waals surface area contributed by atoms with Gasteiger partial charge in [0.2, 0.25) is 5.91 Å². The summed E-state index contributed by atoms with van der Waals surface area (Å²) in [6.07, 6.45) is 4.62. The molecule has 10 nitrogen and oxygen atoms in total. The lowest BCUT2D eigenvalue weighted by molar-refractivity contribution is -0.119. The number of fused-ring (bicyclic) bond motifs is 1. The summed E-state index contributed by atoms with van der Waals surface area (Å²) in [4.78, 5) is 55.0. The number of benzene rings is 2. The highest BCUT2D eigenvalue weighted by Gasteiger charge is 2.30. The maximum atomic E-state index is 13.8. The van der Waals surface area contributed by atoms with Crippen LogP contribution in [0.15, 0.2) is 39.9 Å². The molecule has 5 rings (SSSR count). The number of hydrogen-bond acceptors (Lipinski definition) is 6. The highest BCUT2D eigenvalue weighted by molar-refractivity contribution is 6.05. The number of carbonyl (C=O) groups is 2. The van der Waals surface area contributed by atoms with Crippen molar-refractivity contribution in [3.63, 3.8) is 0 Å². The van der Waals surface area contributed by atoms with E-state index in [1.165, 1.54) is 23.4 Å². The van der Waals surface area contributed by atoms with Gasteiger partial charge in [0.15, 0.2) is 11.5 Å². The molecule has 2 heterocycles. The van der Waals surface area contributed by atoms with Crippen molar-refractivity contribution < 1.29 is 19.1 Å². The van der Waals surface area contributed by atoms with Crippen LogP contribution in [0.4, 0.5) is 5.69 Å². The molecule has 0 spiro atoms. The molecular formula is C30H36N4O6. The van der Waals surface area contributed by atoms with Gasteiger partial charge >= 0.3 is 5.69 Å². The molecule has 2 aromatic carbocycles. The monoisotopic (exact) mass is 548 g/mol. The molecule has 0 atom stereocenters. The van der Waals surface area contributed by atoms with Gasteiger partial charge < -0.3 is 19.7 Å². The third-order valence-electron chi connectivity index (χ3n) is 8.31. The first-order chi connectivity index (χ1) is 19.2. The van der Waals surface area contributed by atoms with Crippen molar-refractivity contribution in [3.05, 3.63) is 62.3 Å². The minimum Gasteiger partial charge on any atom is -0.493 e. The maximum absolute atomic E-state index is 13.8. The number of piperidine rings is 1. The van der Waals surface area contributed by atoms with Crippen LogP contribution in [0.3, 0.4) is 0 Å². The van der Waals surface area contributed by atoms with E-state index in [1.807, 2.05) is 19.1 Å². The summed E-state index contributed by atoms with van der Waals surface area (Å²) in [7, 11) is 4.68. The molecule has 10 heteroatoms. The molecular weight excluding hydrogens is 512 g/mol. The summed E-state index contributed by atoms with van der Waals surface area (Å²) >= 11 is 0. The van der Waals surface area contributed by atoms with E-state index in [0.717, 1.165) is 31.2 Å². The van der Waals surface area contributed by atoms with Gasteiger partial charge in [-0.3, -0.25) is 23.5 Å². The fraction of sp³-hybridized carbons (Fsp3) is 0.467. The maximum Gasteiger partial charge on any atom is 0.331 e. The Morgan fingerprint density at radius 2 is 1.57 bits per heavy atom. The number of rotatable bonds is 6. The van der Waals surface area contributed by atoms with Crippen molar-refractivity contribution >= 4 is 28.4 Å². The van der Waals surface area contributed by atoms with Crippen molar-refractivity contribution in [1.29, 1.82) is 0 Å². The second-order valence-corrected chi connectivity index (χ2v) is 10.8. The van der Waals surface area contributed by atoms with E-state index >= 15 is 0 Å². The molecule has 1 saturated heterocycles. The van der Waals surface area contributed by atoms with Gasteiger partial charge in [-0.1, -0.05) is 24.5 Å². The minimum atomic E-state index is -0.358. The van der Waals surface area contributed by atoms with E-state index in [0.29, 0.717) is 59.6 Å². The van der Waals surface area contributed by atoms with Gasteiger partial charge in [-0.15, -0.1) is 0 Å². The second kappa shape index (κ2) is 11.2. The molecule has 2 fully saturated rings.